The minimum absolute atomic E-state index is 0. The van der Waals surface area contributed by atoms with Crippen molar-refractivity contribution in [1.29, 1.82) is 0 Å². The van der Waals surface area contributed by atoms with Crippen molar-refractivity contribution >= 4 is 7.98 Å². The Labute approximate surface area is 133 Å². The van der Waals surface area contributed by atoms with E-state index in [2.05, 4.69) is 30.5 Å². The van der Waals surface area contributed by atoms with Gasteiger partial charge in [-0.1, -0.05) is 25.8 Å². The summed E-state index contributed by atoms with van der Waals surface area (Å²) in [5.41, 5.74) is -0.159. The molecule has 0 aromatic heterocycles. The third-order valence-corrected chi connectivity index (χ3v) is 1.81. The van der Waals surface area contributed by atoms with Gasteiger partial charge in [0.1, 0.15) is 0 Å². The largest absolute Gasteiger partial charge is 2.00 e. The van der Waals surface area contributed by atoms with Crippen LogP contribution in [0.1, 0.15) is 40.0 Å². The van der Waals surface area contributed by atoms with Gasteiger partial charge in [-0.25, -0.2) is 4.89 Å². The van der Waals surface area contributed by atoms with Gasteiger partial charge in [0.05, 0.1) is 7.11 Å². The summed E-state index contributed by atoms with van der Waals surface area (Å²) in [5.74, 6) is 0. The Kier molecular flexibility index (Phi) is 34.0. The summed E-state index contributed by atoms with van der Waals surface area (Å²) < 4.78 is 0. The average molecular weight is 465 g/mol. The van der Waals surface area contributed by atoms with Crippen LogP contribution in [0.5, 0.6) is 0 Å². The molecule has 5 heteroatoms. The van der Waals surface area contributed by atoms with Crippen molar-refractivity contribution in [2.24, 2.45) is 0 Å². The summed E-state index contributed by atoms with van der Waals surface area (Å²) in [6.45, 7) is 13.7. The van der Waals surface area contributed by atoms with Crippen LogP contribution in [0.15, 0.2) is 12.7 Å². The zero-order chi connectivity index (χ0) is 13.4. The van der Waals surface area contributed by atoms with Gasteiger partial charge < -0.3 is 18.6 Å². The summed E-state index contributed by atoms with van der Waals surface area (Å²) in [5, 5.41) is 9.77. The first-order valence-electron chi connectivity index (χ1n) is 5.37. The van der Waals surface area contributed by atoms with E-state index >= 15 is 0 Å². The van der Waals surface area contributed by atoms with Gasteiger partial charge in [-0.15, -0.1) is 12.1 Å². The minimum Gasteiger partial charge on any atom is -0.388 e. The smallest absolute Gasteiger partial charge is 0.388 e. The van der Waals surface area contributed by atoms with E-state index in [9.17, 15) is 0 Å². The fraction of sp³-hybridized carbons (Fsp3) is 0.667. The standard InChI is InChI=1S/C8H15BN.C3H7.CH4O2.U/c1-4-6-7-8(3,5-2)10-9;2*1-3-2;/h4,10H,1,3,5-7H2,2H3;3H,1-2H3;2H,1H3;/q2*-1;;+2. The Morgan fingerprint density at radius 3 is 2.12 bits per heavy atom. The number of nitrogens with one attached hydrogen (secondary N) is 1. The van der Waals surface area contributed by atoms with Crippen molar-refractivity contribution in [2.75, 3.05) is 7.11 Å². The fourth-order valence-electron chi connectivity index (χ4n) is 0.729. The summed E-state index contributed by atoms with van der Waals surface area (Å²) in [7, 11) is 6.49. The first-order valence-corrected chi connectivity index (χ1v) is 5.37. The molecule has 0 bridgehead atoms. The molecule has 0 saturated heterocycles. The maximum absolute atomic E-state index is 7.07. The van der Waals surface area contributed by atoms with Crippen LogP contribution in [-0.4, -0.2) is 25.9 Å². The van der Waals surface area contributed by atoms with Crippen LogP contribution in [0.3, 0.4) is 0 Å². The Morgan fingerprint density at radius 1 is 1.59 bits per heavy atom. The summed E-state index contributed by atoms with van der Waals surface area (Å²) in [6.07, 6.45) is 6.73. The third kappa shape index (κ3) is 26.4. The number of rotatable bonds is 5. The van der Waals surface area contributed by atoms with Gasteiger partial charge in [-0.05, 0) is 6.42 Å². The monoisotopic (exact) mass is 465 g/mol. The zero-order valence-corrected chi connectivity index (χ0v) is 15.8. The molecule has 17 heavy (non-hydrogen) atoms. The van der Waals surface area contributed by atoms with Gasteiger partial charge in [0.2, 0.25) is 0 Å². The second-order valence-corrected chi connectivity index (χ2v) is 3.37. The zero-order valence-electron chi connectivity index (χ0n) is 11.6. The van der Waals surface area contributed by atoms with Gasteiger partial charge >= 0.3 is 31.1 Å². The number of allylic oxidation sites excluding steroid dienone is 1. The first-order chi connectivity index (χ1) is 7.51. The predicted octanol–water partition coefficient (Wildman–Crippen LogP) is 2.94. The predicted molar refractivity (Wildman–Crippen MR) is 72.0 cm³/mol. The third-order valence-electron chi connectivity index (χ3n) is 1.81. The van der Waals surface area contributed by atoms with E-state index in [-0.39, 0.29) is 36.7 Å². The van der Waals surface area contributed by atoms with Gasteiger partial charge in [-0.3, -0.25) is 5.26 Å². The topological polar surface area (TPSA) is 41.5 Å². The van der Waals surface area contributed by atoms with E-state index in [4.69, 9.17) is 13.2 Å². The first kappa shape index (κ1) is 26.3. The van der Waals surface area contributed by atoms with Crippen molar-refractivity contribution < 1.29 is 41.3 Å². The molecule has 0 aliphatic rings. The maximum Gasteiger partial charge on any atom is 2.00 e. The van der Waals surface area contributed by atoms with E-state index in [1.54, 1.807) is 0 Å². The van der Waals surface area contributed by atoms with E-state index in [0.29, 0.717) is 0 Å². The molecule has 0 aliphatic heterocycles. The Balaban J connectivity index is -0.000000102. The molecule has 0 spiro atoms. The molecule has 0 saturated carbocycles. The SMILES string of the molecule is COO.C[CH-]C.[B]NC([CH2-])(CC)CCC=C.[U+2]. The van der Waals surface area contributed by atoms with Crippen LogP contribution in [0.25, 0.3) is 0 Å². The summed E-state index contributed by atoms with van der Waals surface area (Å²) in [6, 6.07) is 0. The Hall–Kier alpha value is 0.737. The molecule has 1 unspecified atom stereocenters. The molecule has 0 rings (SSSR count). The van der Waals surface area contributed by atoms with Crippen molar-refractivity contribution in [3.05, 3.63) is 26.0 Å². The molecule has 0 heterocycles. The van der Waals surface area contributed by atoms with Gasteiger partial charge in [-0.2, -0.15) is 13.8 Å². The molecule has 0 aromatic rings. The molecule has 2 radical (unpaired) electrons. The summed E-state index contributed by atoms with van der Waals surface area (Å²) >= 11 is 0. The van der Waals surface area contributed by atoms with Crippen molar-refractivity contribution in [3.63, 3.8) is 0 Å². The summed E-state index contributed by atoms with van der Waals surface area (Å²) in [4.78, 5) is 3.25. The van der Waals surface area contributed by atoms with Crippen LogP contribution >= 0.6 is 0 Å². The van der Waals surface area contributed by atoms with Crippen molar-refractivity contribution in [2.45, 2.75) is 45.6 Å². The second-order valence-electron chi connectivity index (χ2n) is 3.37. The van der Waals surface area contributed by atoms with Gasteiger partial charge in [0, 0.05) is 0 Å². The molecular weight excluding hydrogens is 439 g/mol. The minimum atomic E-state index is -0.159. The maximum atomic E-state index is 7.07. The van der Waals surface area contributed by atoms with Crippen LogP contribution in [0, 0.1) is 44.5 Å². The normalized spacial score (nSPS) is 11.6. The molecule has 0 aliphatic carbocycles. The molecular formula is C12H26BNO2U. The molecule has 0 fully saturated rings. The van der Waals surface area contributed by atoms with Crippen molar-refractivity contribution in [3.8, 4) is 0 Å². The fourth-order valence-corrected chi connectivity index (χ4v) is 0.729. The van der Waals surface area contributed by atoms with E-state index in [1.165, 1.54) is 7.11 Å². The van der Waals surface area contributed by atoms with E-state index in [0.717, 1.165) is 19.3 Å². The van der Waals surface area contributed by atoms with Crippen molar-refractivity contribution in [1.82, 2.24) is 5.23 Å². The van der Waals surface area contributed by atoms with Gasteiger partial charge in [0.15, 0.2) is 7.98 Å². The van der Waals surface area contributed by atoms with Crippen LogP contribution < -0.4 is 5.23 Å². The van der Waals surface area contributed by atoms with Crippen LogP contribution in [0.4, 0.5) is 0 Å². The van der Waals surface area contributed by atoms with Gasteiger partial charge in [0.25, 0.3) is 0 Å². The van der Waals surface area contributed by atoms with Crippen LogP contribution in [0.2, 0.25) is 0 Å². The Morgan fingerprint density at radius 2 is 1.94 bits per heavy atom. The molecule has 0 amide bonds. The van der Waals surface area contributed by atoms with E-state index < -0.39 is 0 Å². The molecule has 0 aromatic carbocycles. The molecule has 3 nitrogen and oxygen atoms in total. The molecule has 1 atom stereocenters. The molecule has 2 N–H and O–H groups in total. The second kappa shape index (κ2) is 22.0. The molecule has 98 valence electrons. The number of hydrogen-bond donors (Lipinski definition) is 2. The Bertz CT molecular complexity index is 132. The van der Waals surface area contributed by atoms with E-state index in [1.807, 2.05) is 26.3 Å². The van der Waals surface area contributed by atoms with Crippen LogP contribution in [-0.2, 0) is 4.89 Å². The number of hydrogen-bond acceptors (Lipinski definition) is 3. The average Bonchev–Trinajstić information content (AvgIpc) is 2.28. The quantitative estimate of drug-likeness (QED) is 0.216.